The molecule has 2 aromatic rings. The summed E-state index contributed by atoms with van der Waals surface area (Å²) in [5.74, 6) is -0.373. The van der Waals surface area contributed by atoms with Crippen molar-refractivity contribution in [1.82, 2.24) is 0 Å². The molecule has 0 N–H and O–H groups in total. The number of methoxy groups -OCH3 is 1. The number of Topliss-reactive ketones (excluding diaryl/α,β-unsaturated/α-hetero) is 1. The van der Waals surface area contributed by atoms with Crippen molar-refractivity contribution in [3.63, 3.8) is 0 Å². The fourth-order valence-electron chi connectivity index (χ4n) is 1.55. The van der Waals surface area contributed by atoms with E-state index in [4.69, 9.17) is 4.74 Å². The van der Waals surface area contributed by atoms with Crippen LogP contribution in [0.25, 0.3) is 0 Å². The van der Waals surface area contributed by atoms with Crippen LogP contribution in [-0.2, 0) is 6.42 Å². The van der Waals surface area contributed by atoms with Crippen LogP contribution in [0.4, 0.5) is 4.39 Å². The number of thiophene rings is 1. The van der Waals surface area contributed by atoms with Crippen molar-refractivity contribution >= 4 is 33.0 Å². The van der Waals surface area contributed by atoms with Gasteiger partial charge in [-0.25, -0.2) is 4.39 Å². The summed E-state index contributed by atoms with van der Waals surface area (Å²) in [6.07, 6.45) is 0.208. The largest absolute Gasteiger partial charge is 0.497 e. The molecule has 18 heavy (non-hydrogen) atoms. The van der Waals surface area contributed by atoms with Crippen LogP contribution in [0.3, 0.4) is 0 Å². The molecule has 5 heteroatoms. The highest BCUT2D eigenvalue weighted by atomic mass is 79.9. The molecule has 0 saturated heterocycles. The first-order valence-electron chi connectivity index (χ1n) is 5.20. The summed E-state index contributed by atoms with van der Waals surface area (Å²) in [5, 5.41) is 1.90. The third-order valence-electron chi connectivity index (χ3n) is 2.43. The molecule has 94 valence electrons. The van der Waals surface area contributed by atoms with Gasteiger partial charge in [0, 0.05) is 27.2 Å². The molecular weight excluding hydrogens is 319 g/mol. The predicted octanol–water partition coefficient (Wildman–Crippen LogP) is 4.08. The van der Waals surface area contributed by atoms with Crippen LogP contribution >= 0.6 is 27.3 Å². The predicted molar refractivity (Wildman–Crippen MR) is 73.0 cm³/mol. The standard InChI is InChI=1S/C13H10BrFO2S/c1-17-9-2-3-11(12(15)5-9)13(16)6-10-4-8(14)7-18-10/h2-5,7H,6H2,1H3. The molecule has 1 aromatic carbocycles. The lowest BCUT2D eigenvalue weighted by molar-refractivity contribution is 0.0990. The molecule has 0 aliphatic rings. The molecule has 0 atom stereocenters. The average Bonchev–Trinajstić information content (AvgIpc) is 2.74. The van der Waals surface area contributed by atoms with Crippen molar-refractivity contribution < 1.29 is 13.9 Å². The van der Waals surface area contributed by atoms with Crippen molar-refractivity contribution in [3.8, 4) is 5.75 Å². The second kappa shape index (κ2) is 5.63. The zero-order valence-corrected chi connectivity index (χ0v) is 12.0. The SMILES string of the molecule is COc1ccc(C(=O)Cc2cc(Br)cs2)c(F)c1. The van der Waals surface area contributed by atoms with Crippen LogP contribution in [0.1, 0.15) is 15.2 Å². The highest BCUT2D eigenvalue weighted by Gasteiger charge is 2.14. The van der Waals surface area contributed by atoms with Gasteiger partial charge in [0.15, 0.2) is 5.78 Å². The molecule has 0 amide bonds. The number of hydrogen-bond donors (Lipinski definition) is 0. The zero-order chi connectivity index (χ0) is 13.1. The van der Waals surface area contributed by atoms with Crippen LogP contribution < -0.4 is 4.74 Å². The van der Waals surface area contributed by atoms with E-state index >= 15 is 0 Å². The normalized spacial score (nSPS) is 10.4. The van der Waals surface area contributed by atoms with Crippen LogP contribution in [0.2, 0.25) is 0 Å². The van der Waals surface area contributed by atoms with Gasteiger partial charge < -0.3 is 4.74 Å². The molecule has 0 spiro atoms. The Kier molecular flexibility index (Phi) is 4.14. The maximum absolute atomic E-state index is 13.7. The highest BCUT2D eigenvalue weighted by molar-refractivity contribution is 9.10. The first-order chi connectivity index (χ1) is 8.60. The minimum Gasteiger partial charge on any atom is -0.497 e. The average molecular weight is 329 g/mol. The van der Waals surface area contributed by atoms with Gasteiger partial charge >= 0.3 is 0 Å². The van der Waals surface area contributed by atoms with Crippen molar-refractivity contribution in [1.29, 1.82) is 0 Å². The fraction of sp³-hybridized carbons (Fsp3) is 0.154. The van der Waals surface area contributed by atoms with E-state index in [1.165, 1.54) is 30.6 Å². The Balaban J connectivity index is 2.18. The topological polar surface area (TPSA) is 26.3 Å². The molecule has 0 unspecified atom stereocenters. The third-order valence-corrected chi connectivity index (χ3v) is 4.13. The first kappa shape index (κ1) is 13.2. The lowest BCUT2D eigenvalue weighted by Gasteiger charge is -2.04. The van der Waals surface area contributed by atoms with Gasteiger partial charge in [0.25, 0.3) is 0 Å². The second-order valence-corrected chi connectivity index (χ2v) is 5.59. The molecule has 0 aliphatic carbocycles. The van der Waals surface area contributed by atoms with Gasteiger partial charge in [-0.1, -0.05) is 0 Å². The van der Waals surface area contributed by atoms with Gasteiger partial charge in [0.1, 0.15) is 11.6 Å². The van der Waals surface area contributed by atoms with Crippen molar-refractivity contribution in [2.75, 3.05) is 7.11 Å². The van der Waals surface area contributed by atoms with Crippen LogP contribution in [0, 0.1) is 5.82 Å². The summed E-state index contributed by atoms with van der Waals surface area (Å²) in [6.45, 7) is 0. The van der Waals surface area contributed by atoms with Gasteiger partial charge in [-0.05, 0) is 34.1 Å². The molecule has 0 fully saturated rings. The summed E-state index contributed by atoms with van der Waals surface area (Å²) >= 11 is 4.79. The fourth-order valence-corrected chi connectivity index (χ4v) is 3.00. The Morgan fingerprint density at radius 2 is 2.22 bits per heavy atom. The molecule has 0 saturated carbocycles. The Hall–Kier alpha value is -1.20. The first-order valence-corrected chi connectivity index (χ1v) is 6.87. The zero-order valence-electron chi connectivity index (χ0n) is 9.57. The molecular formula is C13H10BrFO2S. The number of carbonyl (C=O) groups excluding carboxylic acids is 1. The quantitative estimate of drug-likeness (QED) is 0.790. The van der Waals surface area contributed by atoms with Crippen molar-refractivity contribution in [2.24, 2.45) is 0 Å². The molecule has 0 radical (unpaired) electrons. The summed E-state index contributed by atoms with van der Waals surface area (Å²) < 4.78 is 19.5. The Morgan fingerprint density at radius 1 is 1.44 bits per heavy atom. The highest BCUT2D eigenvalue weighted by Crippen LogP contribution is 2.23. The number of ketones is 1. The van der Waals surface area contributed by atoms with Gasteiger partial charge in [0.2, 0.25) is 0 Å². The van der Waals surface area contributed by atoms with Crippen LogP contribution in [0.15, 0.2) is 34.1 Å². The Labute approximate surface area is 117 Å². The van der Waals surface area contributed by atoms with Gasteiger partial charge in [-0.15, -0.1) is 11.3 Å². The molecule has 2 nitrogen and oxygen atoms in total. The van der Waals surface area contributed by atoms with E-state index < -0.39 is 5.82 Å². The van der Waals surface area contributed by atoms with E-state index in [0.29, 0.717) is 5.75 Å². The minimum absolute atomic E-state index is 0.0975. The summed E-state index contributed by atoms with van der Waals surface area (Å²) in [6, 6.07) is 6.13. The molecule has 1 heterocycles. The Morgan fingerprint density at radius 3 is 2.78 bits per heavy atom. The molecule has 0 bridgehead atoms. The van der Waals surface area contributed by atoms with Gasteiger partial charge in [0.05, 0.1) is 12.7 Å². The van der Waals surface area contributed by atoms with Crippen molar-refractivity contribution in [2.45, 2.75) is 6.42 Å². The van der Waals surface area contributed by atoms with E-state index in [0.717, 1.165) is 9.35 Å². The lowest BCUT2D eigenvalue weighted by atomic mass is 10.1. The van der Waals surface area contributed by atoms with Crippen molar-refractivity contribution in [3.05, 3.63) is 50.4 Å². The number of hydrogen-bond acceptors (Lipinski definition) is 3. The molecule has 0 aliphatic heterocycles. The minimum atomic E-state index is -0.546. The van der Waals surface area contributed by atoms with Crippen LogP contribution in [-0.4, -0.2) is 12.9 Å². The van der Waals surface area contributed by atoms with E-state index in [1.807, 2.05) is 11.4 Å². The lowest BCUT2D eigenvalue weighted by Crippen LogP contribution is -2.05. The third kappa shape index (κ3) is 2.97. The van der Waals surface area contributed by atoms with E-state index in [1.54, 1.807) is 6.07 Å². The van der Waals surface area contributed by atoms with Gasteiger partial charge in [-0.3, -0.25) is 4.79 Å². The smallest absolute Gasteiger partial charge is 0.171 e. The maximum atomic E-state index is 13.7. The van der Waals surface area contributed by atoms with E-state index in [2.05, 4.69) is 15.9 Å². The van der Waals surface area contributed by atoms with E-state index in [-0.39, 0.29) is 17.8 Å². The number of benzene rings is 1. The Bertz CT molecular complexity index is 580. The van der Waals surface area contributed by atoms with Gasteiger partial charge in [-0.2, -0.15) is 0 Å². The molecule has 2 rings (SSSR count). The number of rotatable bonds is 4. The second-order valence-electron chi connectivity index (χ2n) is 3.68. The van der Waals surface area contributed by atoms with Crippen LogP contribution in [0.5, 0.6) is 5.75 Å². The number of carbonyl (C=O) groups is 1. The number of ether oxygens (including phenoxy) is 1. The summed E-state index contributed by atoms with van der Waals surface area (Å²) in [4.78, 5) is 12.9. The summed E-state index contributed by atoms with van der Waals surface area (Å²) in [7, 11) is 1.46. The summed E-state index contributed by atoms with van der Waals surface area (Å²) in [5.41, 5.74) is 0.0975. The van der Waals surface area contributed by atoms with E-state index in [9.17, 15) is 9.18 Å². The monoisotopic (exact) mass is 328 g/mol. The number of halogens is 2. The molecule has 1 aromatic heterocycles. The maximum Gasteiger partial charge on any atom is 0.171 e.